The largest absolute Gasteiger partial charge is 0.378 e. The van der Waals surface area contributed by atoms with E-state index < -0.39 is 0 Å². The van der Waals surface area contributed by atoms with Crippen LogP contribution in [0.5, 0.6) is 0 Å². The molecule has 0 radical (unpaired) electrons. The van der Waals surface area contributed by atoms with Crippen molar-refractivity contribution in [1.29, 1.82) is 0 Å². The van der Waals surface area contributed by atoms with Gasteiger partial charge in [0.05, 0.1) is 16.7 Å². The maximum atomic E-state index is 11.9. The number of hydrogen-bond donors (Lipinski definition) is 1. The summed E-state index contributed by atoms with van der Waals surface area (Å²) in [5.74, 6) is -0.173. The van der Waals surface area contributed by atoms with E-state index in [1.54, 1.807) is 6.07 Å². The summed E-state index contributed by atoms with van der Waals surface area (Å²) >= 11 is 6.03. The first kappa shape index (κ1) is 14.3. The van der Waals surface area contributed by atoms with Gasteiger partial charge >= 0.3 is 0 Å². The molecule has 104 valence electrons. The molecule has 1 aromatic heterocycles. The van der Waals surface area contributed by atoms with Crippen LogP contribution in [0.2, 0.25) is 5.02 Å². The molecule has 1 aliphatic heterocycles. The van der Waals surface area contributed by atoms with Crippen molar-refractivity contribution in [3.8, 4) is 0 Å². The molecule has 1 amide bonds. The smallest absolute Gasteiger partial charge is 0.254 e. The number of carbonyl (C=O) groups excluding carboxylic acids is 1. The molecule has 0 aromatic carbocycles. The van der Waals surface area contributed by atoms with Crippen molar-refractivity contribution < 1.29 is 9.53 Å². The number of nitrogens with zero attached hydrogens (tertiary/aromatic N) is 1. The van der Waals surface area contributed by atoms with Crippen molar-refractivity contribution in [2.75, 3.05) is 13.2 Å². The second-order valence-corrected chi connectivity index (χ2v) is 5.25. The topological polar surface area (TPSA) is 51.2 Å². The minimum absolute atomic E-state index is 0.173. The van der Waals surface area contributed by atoms with E-state index in [-0.39, 0.29) is 12.0 Å². The molecule has 2 rings (SSSR count). The van der Waals surface area contributed by atoms with Gasteiger partial charge in [0, 0.05) is 25.0 Å². The Morgan fingerprint density at radius 3 is 3.11 bits per heavy atom. The molecule has 1 fully saturated rings. The number of carbonyl (C=O) groups is 1. The van der Waals surface area contributed by atoms with Crippen LogP contribution in [-0.4, -0.2) is 30.1 Å². The number of hydrogen-bond acceptors (Lipinski definition) is 3. The van der Waals surface area contributed by atoms with Gasteiger partial charge in [0.1, 0.15) is 0 Å². The van der Waals surface area contributed by atoms with E-state index in [0.717, 1.165) is 31.6 Å². The fraction of sp³-hybridized carbons (Fsp3) is 0.571. The lowest BCUT2D eigenvalue weighted by Gasteiger charge is -2.22. The summed E-state index contributed by atoms with van der Waals surface area (Å²) < 4.78 is 5.62. The summed E-state index contributed by atoms with van der Waals surface area (Å²) in [4.78, 5) is 16.0. The average molecular weight is 283 g/mol. The van der Waals surface area contributed by atoms with E-state index in [1.165, 1.54) is 12.6 Å². The monoisotopic (exact) mass is 282 g/mol. The molecule has 1 saturated heterocycles. The summed E-state index contributed by atoms with van der Waals surface area (Å²) in [7, 11) is 0. The van der Waals surface area contributed by atoms with Crippen molar-refractivity contribution in [1.82, 2.24) is 10.3 Å². The molecule has 4 nitrogen and oxygen atoms in total. The zero-order chi connectivity index (χ0) is 13.7. The minimum Gasteiger partial charge on any atom is -0.378 e. The first-order valence-electron chi connectivity index (χ1n) is 6.69. The highest BCUT2D eigenvalue weighted by atomic mass is 35.5. The fourth-order valence-electron chi connectivity index (χ4n) is 2.17. The SMILES string of the molecule is Cc1cc(Cl)c(C(=O)NCCC2CCCCO2)cn1. The third kappa shape index (κ3) is 4.18. The molecule has 0 bridgehead atoms. The highest BCUT2D eigenvalue weighted by Gasteiger charge is 2.15. The van der Waals surface area contributed by atoms with E-state index in [4.69, 9.17) is 16.3 Å². The third-order valence-electron chi connectivity index (χ3n) is 3.26. The molecule has 0 aliphatic carbocycles. The Kier molecular flexibility index (Phi) is 5.16. The van der Waals surface area contributed by atoms with Crippen molar-refractivity contribution in [3.05, 3.63) is 28.5 Å². The van der Waals surface area contributed by atoms with Crippen LogP contribution in [0.15, 0.2) is 12.3 Å². The third-order valence-corrected chi connectivity index (χ3v) is 3.57. The molecule has 0 saturated carbocycles. The van der Waals surface area contributed by atoms with E-state index in [1.807, 2.05) is 6.92 Å². The van der Waals surface area contributed by atoms with Crippen molar-refractivity contribution in [2.24, 2.45) is 0 Å². The summed E-state index contributed by atoms with van der Waals surface area (Å²) in [5.41, 5.74) is 1.23. The molecule has 1 N–H and O–H groups in total. The number of halogens is 1. The van der Waals surface area contributed by atoms with Crippen LogP contribution in [0.4, 0.5) is 0 Å². The second kappa shape index (κ2) is 6.87. The first-order valence-corrected chi connectivity index (χ1v) is 7.06. The van der Waals surface area contributed by atoms with Gasteiger partial charge in [-0.15, -0.1) is 0 Å². The second-order valence-electron chi connectivity index (χ2n) is 4.84. The number of pyridine rings is 1. The molecule has 1 unspecified atom stereocenters. The van der Waals surface area contributed by atoms with Crippen LogP contribution in [0.1, 0.15) is 41.7 Å². The quantitative estimate of drug-likeness (QED) is 0.924. The lowest BCUT2D eigenvalue weighted by atomic mass is 10.1. The number of aromatic nitrogens is 1. The summed E-state index contributed by atoms with van der Waals surface area (Å²) in [6.07, 6.45) is 6.09. The molecule has 1 aliphatic rings. The van der Waals surface area contributed by atoms with Crippen LogP contribution in [0.25, 0.3) is 0 Å². The first-order chi connectivity index (χ1) is 9.16. The lowest BCUT2D eigenvalue weighted by Crippen LogP contribution is -2.29. The van der Waals surface area contributed by atoms with Gasteiger partial charge in [-0.2, -0.15) is 0 Å². The van der Waals surface area contributed by atoms with Crippen LogP contribution in [-0.2, 0) is 4.74 Å². The predicted molar refractivity (Wildman–Crippen MR) is 74.5 cm³/mol. The normalized spacial score (nSPS) is 19.2. The molecule has 0 spiro atoms. The Labute approximate surface area is 118 Å². The van der Waals surface area contributed by atoms with Gasteiger partial charge in [-0.1, -0.05) is 11.6 Å². The van der Waals surface area contributed by atoms with Crippen LogP contribution in [0.3, 0.4) is 0 Å². The Bertz CT molecular complexity index is 445. The van der Waals surface area contributed by atoms with Crippen molar-refractivity contribution >= 4 is 17.5 Å². The zero-order valence-electron chi connectivity index (χ0n) is 11.1. The van der Waals surface area contributed by atoms with Crippen LogP contribution in [0, 0.1) is 6.92 Å². The molecular weight excluding hydrogens is 264 g/mol. The molecule has 1 atom stereocenters. The number of aryl methyl sites for hydroxylation is 1. The number of amides is 1. The lowest BCUT2D eigenvalue weighted by molar-refractivity contribution is 0.0117. The van der Waals surface area contributed by atoms with Crippen LogP contribution < -0.4 is 5.32 Å². The molecule has 5 heteroatoms. The standard InChI is InChI=1S/C14H19ClN2O2/c1-10-8-13(15)12(9-17-10)14(18)16-6-5-11-4-2-3-7-19-11/h8-9,11H,2-7H2,1H3,(H,16,18). The highest BCUT2D eigenvalue weighted by molar-refractivity contribution is 6.33. The summed E-state index contributed by atoms with van der Waals surface area (Å²) in [5, 5.41) is 3.31. The van der Waals surface area contributed by atoms with Gasteiger partial charge < -0.3 is 10.1 Å². The minimum atomic E-state index is -0.173. The number of ether oxygens (including phenoxy) is 1. The molecule has 19 heavy (non-hydrogen) atoms. The van der Waals surface area contributed by atoms with Gasteiger partial charge in [0.25, 0.3) is 5.91 Å². The molecule has 1 aromatic rings. The van der Waals surface area contributed by atoms with Gasteiger partial charge in [-0.25, -0.2) is 0 Å². The average Bonchev–Trinajstić information content (AvgIpc) is 2.39. The van der Waals surface area contributed by atoms with E-state index in [9.17, 15) is 4.79 Å². The van der Waals surface area contributed by atoms with E-state index in [2.05, 4.69) is 10.3 Å². The van der Waals surface area contributed by atoms with Crippen molar-refractivity contribution in [2.45, 2.75) is 38.7 Å². The van der Waals surface area contributed by atoms with Crippen molar-refractivity contribution in [3.63, 3.8) is 0 Å². The molecule has 2 heterocycles. The highest BCUT2D eigenvalue weighted by Crippen LogP contribution is 2.16. The molecular formula is C14H19ClN2O2. The van der Waals surface area contributed by atoms with E-state index >= 15 is 0 Å². The summed E-state index contributed by atoms with van der Waals surface area (Å²) in [6.45, 7) is 3.29. The zero-order valence-corrected chi connectivity index (χ0v) is 11.9. The Morgan fingerprint density at radius 1 is 1.58 bits per heavy atom. The van der Waals surface area contributed by atoms with Gasteiger partial charge in [0.2, 0.25) is 0 Å². The van der Waals surface area contributed by atoms with E-state index in [0.29, 0.717) is 17.1 Å². The van der Waals surface area contributed by atoms with Gasteiger partial charge in [0.15, 0.2) is 0 Å². The number of nitrogens with one attached hydrogen (secondary N) is 1. The number of rotatable bonds is 4. The maximum Gasteiger partial charge on any atom is 0.254 e. The maximum absolute atomic E-state index is 11.9. The summed E-state index contributed by atoms with van der Waals surface area (Å²) in [6, 6.07) is 1.70. The van der Waals surface area contributed by atoms with Gasteiger partial charge in [-0.3, -0.25) is 9.78 Å². The predicted octanol–water partition coefficient (Wildman–Crippen LogP) is 2.73. The Balaban J connectivity index is 1.80. The Morgan fingerprint density at radius 2 is 2.42 bits per heavy atom. The fourth-order valence-corrected chi connectivity index (χ4v) is 2.46. The van der Waals surface area contributed by atoms with Crippen LogP contribution >= 0.6 is 11.6 Å². The Hall–Kier alpha value is -1.13. The van der Waals surface area contributed by atoms with Gasteiger partial charge in [-0.05, 0) is 38.7 Å².